The number of likely N-dealkylation sites (tertiary alicyclic amines) is 1. The lowest BCUT2D eigenvalue weighted by molar-refractivity contribution is -0.0875. The van der Waals surface area contributed by atoms with E-state index >= 15 is 0 Å². The number of guanidine groups is 1. The van der Waals surface area contributed by atoms with Gasteiger partial charge in [0.2, 0.25) is 5.96 Å². The molecule has 0 aliphatic carbocycles. The molecule has 0 unspecified atom stereocenters. The first kappa shape index (κ1) is 21.6. The third-order valence-electron chi connectivity index (χ3n) is 5.71. The molecule has 1 aromatic carbocycles. The third-order valence-corrected chi connectivity index (χ3v) is 5.71. The number of hydrogen-bond donors (Lipinski definition) is 1. The molecule has 1 fully saturated rings. The standard InChI is InChI=1S/C23H34N6O2/c1-18(2)17-30-21-7-5-19(6-8-21)15-29(16-20-9-12-28(4)25-20)22-24-23(31-26-22)10-13-27(3)14-11-23/h5-9,12,18H,10-11,13-17H2,1-4H3,(H,24,26). The molecule has 1 spiro atoms. The molecule has 2 aliphatic heterocycles. The average Bonchev–Trinajstić information content (AvgIpc) is 3.36. The van der Waals surface area contributed by atoms with Crippen LogP contribution in [0.4, 0.5) is 0 Å². The minimum absolute atomic E-state index is 0.460. The maximum atomic E-state index is 6.01. The Morgan fingerprint density at radius 3 is 2.52 bits per heavy atom. The number of hydroxylamine groups is 1. The van der Waals surface area contributed by atoms with Gasteiger partial charge in [0.25, 0.3) is 0 Å². The minimum Gasteiger partial charge on any atom is -0.493 e. The van der Waals surface area contributed by atoms with Crippen molar-refractivity contribution in [2.45, 2.75) is 45.5 Å². The highest BCUT2D eigenvalue weighted by atomic mass is 16.7. The Morgan fingerprint density at radius 2 is 1.87 bits per heavy atom. The number of benzene rings is 1. The first-order chi connectivity index (χ1) is 14.9. The second-order valence-electron chi connectivity index (χ2n) is 9.07. The molecule has 0 saturated carbocycles. The van der Waals surface area contributed by atoms with Crippen molar-refractivity contribution >= 4 is 5.96 Å². The number of nitrogens with one attached hydrogen (secondary N) is 1. The number of piperidine rings is 1. The fourth-order valence-electron chi connectivity index (χ4n) is 3.82. The van der Waals surface area contributed by atoms with Crippen molar-refractivity contribution in [1.82, 2.24) is 25.1 Å². The second-order valence-corrected chi connectivity index (χ2v) is 9.07. The molecule has 0 amide bonds. The summed E-state index contributed by atoms with van der Waals surface area (Å²) in [6, 6.07) is 10.3. The zero-order valence-corrected chi connectivity index (χ0v) is 19.0. The highest BCUT2D eigenvalue weighted by Gasteiger charge is 2.40. The molecule has 1 saturated heterocycles. The van der Waals surface area contributed by atoms with Gasteiger partial charge < -0.3 is 14.5 Å². The predicted octanol–water partition coefficient (Wildman–Crippen LogP) is 2.77. The van der Waals surface area contributed by atoms with E-state index in [1.54, 1.807) is 0 Å². The lowest BCUT2D eigenvalue weighted by Gasteiger charge is -2.33. The van der Waals surface area contributed by atoms with Gasteiger partial charge in [-0.25, -0.2) is 15.3 Å². The Hall–Kier alpha value is -2.58. The summed E-state index contributed by atoms with van der Waals surface area (Å²) < 4.78 is 7.65. The molecule has 31 heavy (non-hydrogen) atoms. The fraction of sp³-hybridized carbons (Fsp3) is 0.565. The van der Waals surface area contributed by atoms with Crippen molar-refractivity contribution in [2.75, 3.05) is 26.7 Å². The third kappa shape index (κ3) is 5.57. The van der Waals surface area contributed by atoms with Gasteiger partial charge in [-0.1, -0.05) is 26.0 Å². The quantitative estimate of drug-likeness (QED) is 0.734. The van der Waals surface area contributed by atoms with E-state index in [-0.39, 0.29) is 0 Å². The van der Waals surface area contributed by atoms with E-state index in [0.717, 1.165) is 49.9 Å². The highest BCUT2D eigenvalue weighted by molar-refractivity contribution is 5.80. The van der Waals surface area contributed by atoms with Crippen LogP contribution in [-0.4, -0.2) is 58.0 Å². The summed E-state index contributed by atoms with van der Waals surface area (Å²) in [6.07, 6.45) is 3.74. The molecule has 1 aromatic heterocycles. The zero-order valence-electron chi connectivity index (χ0n) is 19.0. The molecular formula is C23H34N6O2. The van der Waals surface area contributed by atoms with Crippen LogP contribution in [0.25, 0.3) is 0 Å². The summed E-state index contributed by atoms with van der Waals surface area (Å²) in [5, 5.41) is 4.56. The number of nitrogens with zero attached hydrogens (tertiary/aromatic N) is 5. The van der Waals surface area contributed by atoms with E-state index in [2.05, 4.69) is 53.4 Å². The normalized spacial score (nSPS) is 18.3. The molecule has 1 N–H and O–H groups in total. The Labute approximate surface area is 184 Å². The molecule has 4 rings (SSSR count). The van der Waals surface area contributed by atoms with Gasteiger partial charge in [-0.2, -0.15) is 5.10 Å². The monoisotopic (exact) mass is 426 g/mol. The lowest BCUT2D eigenvalue weighted by atomic mass is 10.0. The van der Waals surface area contributed by atoms with Crippen molar-refractivity contribution < 1.29 is 9.57 Å². The molecule has 2 aromatic rings. The van der Waals surface area contributed by atoms with Crippen LogP contribution in [0.2, 0.25) is 0 Å². The van der Waals surface area contributed by atoms with Crippen LogP contribution in [-0.2, 0) is 25.0 Å². The molecule has 0 radical (unpaired) electrons. The largest absolute Gasteiger partial charge is 0.493 e. The Kier molecular flexibility index (Phi) is 6.48. The summed E-state index contributed by atoms with van der Waals surface area (Å²) in [5.41, 5.74) is 4.84. The van der Waals surface area contributed by atoms with Crippen molar-refractivity contribution in [1.29, 1.82) is 0 Å². The van der Waals surface area contributed by atoms with Gasteiger partial charge in [0, 0.05) is 45.7 Å². The van der Waals surface area contributed by atoms with Gasteiger partial charge in [0.15, 0.2) is 5.72 Å². The van der Waals surface area contributed by atoms with E-state index < -0.39 is 5.72 Å². The molecule has 2 aliphatic rings. The van der Waals surface area contributed by atoms with Crippen molar-refractivity contribution in [3.05, 3.63) is 47.8 Å². The van der Waals surface area contributed by atoms with Crippen LogP contribution in [0.15, 0.2) is 41.5 Å². The Balaban J connectivity index is 1.49. The molecule has 8 nitrogen and oxygen atoms in total. The number of hydrogen-bond acceptors (Lipinski definition) is 7. The predicted molar refractivity (Wildman–Crippen MR) is 120 cm³/mol. The van der Waals surface area contributed by atoms with Crippen molar-refractivity contribution in [3.8, 4) is 5.75 Å². The number of aliphatic imine (C=N–C) groups is 1. The van der Waals surface area contributed by atoms with Crippen LogP contribution in [0, 0.1) is 5.92 Å². The van der Waals surface area contributed by atoms with Crippen LogP contribution in [0.1, 0.15) is 37.9 Å². The van der Waals surface area contributed by atoms with Crippen molar-refractivity contribution in [3.63, 3.8) is 0 Å². The maximum Gasteiger partial charge on any atom is 0.222 e. The molecule has 0 bridgehead atoms. The number of ether oxygens (including phenoxy) is 1. The second kappa shape index (κ2) is 9.28. The van der Waals surface area contributed by atoms with E-state index in [1.807, 2.05) is 36.1 Å². The van der Waals surface area contributed by atoms with Gasteiger partial charge in [-0.3, -0.25) is 4.68 Å². The van der Waals surface area contributed by atoms with Crippen LogP contribution >= 0.6 is 0 Å². The first-order valence-electron chi connectivity index (χ1n) is 11.1. The number of aromatic nitrogens is 2. The van der Waals surface area contributed by atoms with Gasteiger partial charge in [0.1, 0.15) is 5.75 Å². The summed E-state index contributed by atoms with van der Waals surface area (Å²) >= 11 is 0. The first-order valence-corrected chi connectivity index (χ1v) is 11.1. The van der Waals surface area contributed by atoms with Crippen molar-refractivity contribution in [2.24, 2.45) is 18.0 Å². The van der Waals surface area contributed by atoms with Gasteiger partial charge >= 0.3 is 0 Å². The van der Waals surface area contributed by atoms with E-state index in [9.17, 15) is 0 Å². The van der Waals surface area contributed by atoms with E-state index in [0.29, 0.717) is 19.0 Å². The molecule has 0 atom stereocenters. The van der Waals surface area contributed by atoms with E-state index in [1.165, 1.54) is 5.56 Å². The smallest absolute Gasteiger partial charge is 0.222 e. The summed E-state index contributed by atoms with van der Waals surface area (Å²) in [7, 11) is 4.08. The van der Waals surface area contributed by atoms with Crippen LogP contribution < -0.4 is 10.2 Å². The van der Waals surface area contributed by atoms with Gasteiger partial charge in [-0.05, 0) is 36.7 Å². The maximum absolute atomic E-state index is 6.01. The lowest BCUT2D eigenvalue weighted by Crippen LogP contribution is -2.43. The van der Waals surface area contributed by atoms with Crippen LogP contribution in [0.5, 0.6) is 5.75 Å². The highest BCUT2D eigenvalue weighted by Crippen LogP contribution is 2.30. The molecule has 168 valence electrons. The average molecular weight is 427 g/mol. The van der Waals surface area contributed by atoms with Gasteiger partial charge in [0.05, 0.1) is 18.8 Å². The Bertz CT molecular complexity index is 884. The molecule has 8 heteroatoms. The fourth-order valence-corrected chi connectivity index (χ4v) is 3.82. The summed E-state index contributed by atoms with van der Waals surface area (Å²) in [6.45, 7) is 8.34. The minimum atomic E-state index is -0.460. The zero-order chi connectivity index (χ0) is 21.8. The van der Waals surface area contributed by atoms with Gasteiger partial charge in [-0.15, -0.1) is 0 Å². The van der Waals surface area contributed by atoms with Crippen LogP contribution in [0.3, 0.4) is 0 Å². The Morgan fingerprint density at radius 1 is 1.13 bits per heavy atom. The number of aryl methyl sites for hydroxylation is 1. The van der Waals surface area contributed by atoms with E-state index in [4.69, 9.17) is 14.6 Å². The summed E-state index contributed by atoms with van der Waals surface area (Å²) in [5.74, 6) is 2.18. The molecular weight excluding hydrogens is 392 g/mol. The SMILES string of the molecule is CC(C)COc1ccc(CN(Cc2ccn(C)n2)C2=NC3(CCN(C)CC3)ON2)cc1. The molecule has 3 heterocycles. The number of rotatable bonds is 7. The topological polar surface area (TPSA) is 67.2 Å². The summed E-state index contributed by atoms with van der Waals surface area (Å²) in [4.78, 5) is 15.5.